The first-order chi connectivity index (χ1) is 23.7. The third-order valence-corrected chi connectivity index (χ3v) is 11.7. The second kappa shape index (κ2) is 11.1. The number of benzene rings is 3. The molecular weight excluding hydrogens is 634 g/mol. The lowest BCUT2D eigenvalue weighted by Crippen LogP contribution is -2.61. The number of phenols is 1. The summed E-state index contributed by atoms with van der Waals surface area (Å²) in [4.78, 5) is 13.8. The molecule has 1 aromatic heterocycles. The minimum Gasteiger partial charge on any atom is -0.508 e. The van der Waals surface area contributed by atoms with Crippen molar-refractivity contribution in [2.45, 2.75) is 62.1 Å². The number of fused-ring (bicyclic) bond motifs is 5. The lowest BCUT2D eigenvalue weighted by Gasteiger charge is -2.42. The maximum absolute atomic E-state index is 17.1. The number of hydrogen-bond acceptors (Lipinski definition) is 7. The molecule has 2 bridgehead atoms. The van der Waals surface area contributed by atoms with Crippen LogP contribution in [0.1, 0.15) is 50.5 Å². The monoisotopic (exact) mass is 669 g/mol. The fourth-order valence-corrected chi connectivity index (χ4v) is 9.25. The highest BCUT2D eigenvalue weighted by atomic mass is 19.3. The minimum absolute atomic E-state index is 0.0154. The van der Waals surface area contributed by atoms with Gasteiger partial charge in [0, 0.05) is 53.1 Å². The summed E-state index contributed by atoms with van der Waals surface area (Å²) in [5.74, 6) is 2.10. The molecule has 4 aromatic rings. The highest BCUT2D eigenvalue weighted by molar-refractivity contribution is 6.04. The summed E-state index contributed by atoms with van der Waals surface area (Å²) < 4.78 is 65.6. The van der Waals surface area contributed by atoms with E-state index in [-0.39, 0.29) is 70.7 Å². The molecule has 4 aliphatic heterocycles. The molecule has 0 amide bonds. The molecule has 7 nitrogen and oxygen atoms in total. The number of nitrogens with zero attached hydrogens (tertiary/aromatic N) is 4. The van der Waals surface area contributed by atoms with Crippen molar-refractivity contribution >= 4 is 27.5 Å². The number of aromatic nitrogens is 2. The van der Waals surface area contributed by atoms with Crippen LogP contribution in [0.2, 0.25) is 0 Å². The Labute approximate surface area is 281 Å². The zero-order chi connectivity index (χ0) is 33.7. The van der Waals surface area contributed by atoms with Crippen LogP contribution in [0, 0.1) is 29.9 Å². The van der Waals surface area contributed by atoms with Crippen molar-refractivity contribution in [1.29, 1.82) is 0 Å². The molecule has 49 heavy (non-hydrogen) atoms. The van der Waals surface area contributed by atoms with Crippen LogP contribution in [0.4, 0.5) is 23.4 Å². The number of hydrogen-bond donors (Lipinski definition) is 2. The zero-order valence-corrected chi connectivity index (χ0v) is 26.8. The fourth-order valence-electron chi connectivity index (χ4n) is 9.25. The van der Waals surface area contributed by atoms with E-state index in [2.05, 4.69) is 21.1 Å². The summed E-state index contributed by atoms with van der Waals surface area (Å²) >= 11 is 0. The molecule has 11 heteroatoms. The van der Waals surface area contributed by atoms with Crippen molar-refractivity contribution in [3.63, 3.8) is 0 Å². The van der Waals surface area contributed by atoms with Crippen LogP contribution in [0.15, 0.2) is 48.1 Å². The lowest BCUT2D eigenvalue weighted by molar-refractivity contribution is 0.108. The third-order valence-electron chi connectivity index (χ3n) is 11.7. The van der Waals surface area contributed by atoms with Gasteiger partial charge in [0.05, 0.1) is 11.1 Å². The van der Waals surface area contributed by atoms with Crippen molar-refractivity contribution in [2.75, 3.05) is 37.7 Å². The first kappa shape index (κ1) is 30.6. The number of ether oxygens (including phenoxy) is 1. The quantitative estimate of drug-likeness (QED) is 0.171. The highest BCUT2D eigenvalue weighted by Gasteiger charge is 2.53. The van der Waals surface area contributed by atoms with Crippen molar-refractivity contribution < 1.29 is 27.4 Å². The van der Waals surface area contributed by atoms with Gasteiger partial charge in [-0.2, -0.15) is 18.7 Å². The molecule has 0 spiro atoms. The Morgan fingerprint density at radius 1 is 1.08 bits per heavy atom. The van der Waals surface area contributed by atoms with Crippen molar-refractivity contribution in [3.8, 4) is 35.2 Å². The summed E-state index contributed by atoms with van der Waals surface area (Å²) in [6.07, 6.45) is 10.3. The second-order valence-electron chi connectivity index (χ2n) is 14.6. The van der Waals surface area contributed by atoms with Gasteiger partial charge in [0.15, 0.2) is 5.82 Å². The number of phenolic OH excluding ortho intramolecular Hbond substituents is 1. The zero-order valence-electron chi connectivity index (χ0n) is 26.8. The van der Waals surface area contributed by atoms with Gasteiger partial charge < -0.3 is 20.1 Å². The molecule has 3 aromatic carbocycles. The Bertz CT molecular complexity index is 2130. The van der Waals surface area contributed by atoms with Gasteiger partial charge in [-0.3, -0.25) is 4.90 Å². The van der Waals surface area contributed by atoms with E-state index in [0.29, 0.717) is 53.9 Å². The highest BCUT2D eigenvalue weighted by Crippen LogP contribution is 2.49. The Morgan fingerprint density at radius 3 is 2.73 bits per heavy atom. The molecule has 5 heterocycles. The van der Waals surface area contributed by atoms with Crippen LogP contribution >= 0.6 is 0 Å². The van der Waals surface area contributed by atoms with E-state index in [0.717, 1.165) is 19.3 Å². The third kappa shape index (κ3) is 4.86. The van der Waals surface area contributed by atoms with Gasteiger partial charge in [0.1, 0.15) is 29.5 Å². The summed E-state index contributed by atoms with van der Waals surface area (Å²) in [7, 11) is 0. The first-order valence-corrected chi connectivity index (χ1v) is 17.0. The maximum atomic E-state index is 17.1. The Hall–Kier alpha value is -4.40. The van der Waals surface area contributed by atoms with E-state index in [4.69, 9.17) is 16.1 Å². The molecule has 252 valence electrons. The summed E-state index contributed by atoms with van der Waals surface area (Å²) in [6, 6.07) is 9.18. The Morgan fingerprint density at radius 2 is 1.94 bits per heavy atom. The van der Waals surface area contributed by atoms with E-state index in [1.165, 1.54) is 37.1 Å². The first-order valence-electron chi connectivity index (χ1n) is 17.0. The predicted octanol–water partition coefficient (Wildman–Crippen LogP) is 6.90. The summed E-state index contributed by atoms with van der Waals surface area (Å²) in [6.45, 7) is 2.40. The Balaban J connectivity index is 1.18. The largest absolute Gasteiger partial charge is 0.508 e. The summed E-state index contributed by atoms with van der Waals surface area (Å²) in [5, 5.41) is 15.8. The van der Waals surface area contributed by atoms with E-state index in [1.807, 2.05) is 4.90 Å². The number of halogens is 4. The van der Waals surface area contributed by atoms with Crippen LogP contribution < -0.4 is 15.0 Å². The molecule has 1 aliphatic carbocycles. The van der Waals surface area contributed by atoms with Gasteiger partial charge in [-0.1, -0.05) is 18.1 Å². The average Bonchev–Trinajstić information content (AvgIpc) is 3.69. The van der Waals surface area contributed by atoms with Crippen LogP contribution in [0.3, 0.4) is 0 Å². The molecule has 1 saturated carbocycles. The molecule has 0 unspecified atom stereocenters. The Kier molecular flexibility index (Phi) is 6.91. The molecular formula is C38H35F4N5O2. The molecule has 0 radical (unpaired) electrons. The van der Waals surface area contributed by atoms with Crippen LogP contribution in [0.25, 0.3) is 32.8 Å². The molecule has 3 atom stereocenters. The number of anilines is 1. The number of terminal acetylenes is 1. The fraction of sp³-hybridized carbons (Fsp3) is 0.421. The molecule has 4 saturated heterocycles. The normalized spacial score (nSPS) is 26.5. The van der Waals surface area contributed by atoms with E-state index >= 15 is 4.39 Å². The van der Waals surface area contributed by atoms with Gasteiger partial charge >= 0.3 is 6.01 Å². The van der Waals surface area contributed by atoms with E-state index in [9.17, 15) is 18.3 Å². The van der Waals surface area contributed by atoms with Gasteiger partial charge in [0.25, 0.3) is 6.08 Å². The van der Waals surface area contributed by atoms with Gasteiger partial charge in [-0.05, 0) is 92.6 Å². The van der Waals surface area contributed by atoms with E-state index in [1.54, 1.807) is 12.1 Å². The van der Waals surface area contributed by atoms with Crippen LogP contribution in [-0.2, 0) is 0 Å². The molecule has 5 fully saturated rings. The van der Waals surface area contributed by atoms with Crippen LogP contribution in [-0.4, -0.2) is 69.9 Å². The standard InChI is InChI=1S/C38H35F4N5O2/c1-2-26-30(39)9-4-21-14-25(48)15-29(31(21)26)27-7-8-28-33(32(27)40)43-36(49-20-37-11-3-13-47(37)17-22(16-37)34(41)42)44-35(28)46-18-24-10-12-38(19-46,45-24)23-5-6-23/h1,4,7-9,14-15,23-24,45,48H,3,5-6,10-13,16-20H2/t24-,37-,38+/m0/s1. The average molecular weight is 670 g/mol. The van der Waals surface area contributed by atoms with E-state index < -0.39 is 23.3 Å². The minimum atomic E-state index is -1.64. The molecule has 9 rings (SSSR count). The maximum Gasteiger partial charge on any atom is 0.319 e. The van der Waals surface area contributed by atoms with Gasteiger partial charge in [-0.15, -0.1) is 6.42 Å². The summed E-state index contributed by atoms with van der Waals surface area (Å²) in [5.41, 5.74) is -0.193. The van der Waals surface area contributed by atoms with Gasteiger partial charge in [0.2, 0.25) is 0 Å². The molecule has 5 aliphatic rings. The lowest BCUT2D eigenvalue weighted by atomic mass is 9.90. The van der Waals surface area contributed by atoms with Crippen LogP contribution in [0.5, 0.6) is 11.8 Å². The SMILES string of the molecule is C#Cc1c(F)ccc2cc(O)cc(-c3ccc4c(N5C[C@@H]6CC[C@](C7CC7)(C5)N6)nc(OC[C@@]56CCCN5CC(=C(F)F)C6)nc4c3F)c12. The smallest absolute Gasteiger partial charge is 0.319 e. The number of piperazine rings is 1. The van der Waals surface area contributed by atoms with Gasteiger partial charge in [-0.25, -0.2) is 8.78 Å². The predicted molar refractivity (Wildman–Crippen MR) is 179 cm³/mol. The number of rotatable bonds is 6. The van der Waals surface area contributed by atoms with Crippen molar-refractivity contribution in [1.82, 2.24) is 20.2 Å². The molecule has 2 N–H and O–H groups in total. The van der Waals surface area contributed by atoms with Crippen molar-refractivity contribution in [3.05, 3.63) is 65.2 Å². The topological polar surface area (TPSA) is 73.8 Å². The number of nitrogens with one attached hydrogen (secondary N) is 1. The second-order valence-corrected chi connectivity index (χ2v) is 14.6. The van der Waals surface area contributed by atoms with Crippen molar-refractivity contribution in [2.24, 2.45) is 5.92 Å². The number of aromatic hydroxyl groups is 1.